The van der Waals surface area contributed by atoms with Crippen molar-refractivity contribution in [2.75, 3.05) is 7.11 Å². The highest BCUT2D eigenvalue weighted by Gasteiger charge is 2.01. The molecule has 2 rings (SSSR count). The van der Waals surface area contributed by atoms with E-state index < -0.39 is 0 Å². The quantitative estimate of drug-likeness (QED) is 0.788. The minimum absolute atomic E-state index is 0.621. The molecule has 0 spiro atoms. The highest BCUT2D eigenvalue weighted by molar-refractivity contribution is 5.58. The minimum Gasteiger partial charge on any atom is -0.481 e. The summed E-state index contributed by atoms with van der Waals surface area (Å²) in [6, 6.07) is 9.84. The molecule has 82 valence electrons. The number of nitrogens with zero attached hydrogens (tertiary/aromatic N) is 2. The molecule has 0 aliphatic carbocycles. The van der Waals surface area contributed by atoms with Gasteiger partial charge in [0.1, 0.15) is 0 Å². The first-order valence-corrected chi connectivity index (χ1v) is 5.30. The fourth-order valence-corrected chi connectivity index (χ4v) is 1.49. The molecule has 0 radical (unpaired) electrons. The third-order valence-electron chi connectivity index (χ3n) is 2.41. The van der Waals surface area contributed by atoms with E-state index in [9.17, 15) is 0 Å². The van der Waals surface area contributed by atoms with Gasteiger partial charge >= 0.3 is 0 Å². The molecule has 16 heavy (non-hydrogen) atoms. The van der Waals surface area contributed by atoms with E-state index in [0.29, 0.717) is 5.88 Å². The Kier molecular flexibility index (Phi) is 3.15. The molecule has 0 bridgehead atoms. The summed E-state index contributed by atoms with van der Waals surface area (Å²) in [6.45, 7) is 2.10. The summed E-state index contributed by atoms with van der Waals surface area (Å²) in [6.07, 6.45) is 2.72. The lowest BCUT2D eigenvalue weighted by atomic mass is 10.1. The number of rotatable bonds is 3. The average molecular weight is 214 g/mol. The van der Waals surface area contributed by atoms with Gasteiger partial charge in [-0.3, -0.25) is 4.98 Å². The lowest BCUT2D eigenvalue weighted by Crippen LogP contribution is -1.91. The zero-order valence-electron chi connectivity index (χ0n) is 9.47. The monoisotopic (exact) mass is 214 g/mol. The maximum absolute atomic E-state index is 5.02. The normalized spacial score (nSPS) is 10.1. The van der Waals surface area contributed by atoms with Gasteiger partial charge in [-0.05, 0) is 24.6 Å². The predicted octanol–water partition coefficient (Wildman–Crippen LogP) is 2.71. The van der Waals surface area contributed by atoms with Crippen LogP contribution in [0.4, 0.5) is 0 Å². The fourth-order valence-electron chi connectivity index (χ4n) is 1.49. The molecule has 2 aromatic heterocycles. The lowest BCUT2D eigenvalue weighted by Gasteiger charge is -2.03. The summed E-state index contributed by atoms with van der Waals surface area (Å²) in [5.41, 5.74) is 3.05. The van der Waals surface area contributed by atoms with Crippen LogP contribution >= 0.6 is 0 Å². The molecule has 0 amide bonds. The number of aromatic nitrogens is 2. The largest absolute Gasteiger partial charge is 0.481 e. The van der Waals surface area contributed by atoms with Crippen molar-refractivity contribution >= 4 is 0 Å². The van der Waals surface area contributed by atoms with Gasteiger partial charge in [0.2, 0.25) is 5.88 Å². The second-order valence-electron chi connectivity index (χ2n) is 3.46. The molecule has 2 aromatic rings. The van der Waals surface area contributed by atoms with Crippen LogP contribution in [0.25, 0.3) is 11.3 Å². The molecule has 0 aromatic carbocycles. The Balaban J connectivity index is 2.34. The Bertz CT molecular complexity index is 466. The minimum atomic E-state index is 0.621. The Morgan fingerprint density at radius 3 is 2.69 bits per heavy atom. The van der Waals surface area contributed by atoms with Crippen LogP contribution in [-0.4, -0.2) is 17.1 Å². The van der Waals surface area contributed by atoms with Crippen LogP contribution in [0.15, 0.2) is 36.5 Å². The molecule has 0 unspecified atom stereocenters. The molecule has 0 aliphatic rings. The van der Waals surface area contributed by atoms with Gasteiger partial charge in [-0.15, -0.1) is 0 Å². The fraction of sp³-hybridized carbons (Fsp3) is 0.231. The van der Waals surface area contributed by atoms with E-state index in [1.807, 2.05) is 30.3 Å². The third kappa shape index (κ3) is 2.19. The van der Waals surface area contributed by atoms with Crippen LogP contribution in [0, 0.1) is 0 Å². The van der Waals surface area contributed by atoms with Crippen molar-refractivity contribution in [3.63, 3.8) is 0 Å². The van der Waals surface area contributed by atoms with Gasteiger partial charge in [-0.25, -0.2) is 4.98 Å². The Labute approximate surface area is 95.1 Å². The van der Waals surface area contributed by atoms with Gasteiger partial charge in [0.15, 0.2) is 0 Å². The third-order valence-corrected chi connectivity index (χ3v) is 2.41. The number of hydrogen-bond donors (Lipinski definition) is 0. The van der Waals surface area contributed by atoms with Gasteiger partial charge < -0.3 is 4.74 Å². The molecule has 0 N–H and O–H groups in total. The number of hydrogen-bond acceptors (Lipinski definition) is 3. The summed E-state index contributed by atoms with van der Waals surface area (Å²) in [5.74, 6) is 0.621. The van der Waals surface area contributed by atoms with Gasteiger partial charge in [-0.1, -0.05) is 13.0 Å². The van der Waals surface area contributed by atoms with E-state index in [1.165, 1.54) is 0 Å². The van der Waals surface area contributed by atoms with E-state index in [4.69, 9.17) is 4.74 Å². The van der Waals surface area contributed by atoms with Gasteiger partial charge in [0.25, 0.3) is 0 Å². The molecular formula is C13H14N2O. The van der Waals surface area contributed by atoms with E-state index in [2.05, 4.69) is 16.9 Å². The smallest absolute Gasteiger partial charge is 0.212 e. The van der Waals surface area contributed by atoms with Gasteiger partial charge in [0.05, 0.1) is 12.8 Å². The highest BCUT2D eigenvalue weighted by Crippen LogP contribution is 2.18. The van der Waals surface area contributed by atoms with Crippen molar-refractivity contribution in [1.82, 2.24) is 9.97 Å². The van der Waals surface area contributed by atoms with Crippen LogP contribution in [0.2, 0.25) is 0 Å². The molecule has 0 saturated heterocycles. The van der Waals surface area contributed by atoms with Crippen molar-refractivity contribution in [3.05, 3.63) is 42.2 Å². The van der Waals surface area contributed by atoms with E-state index in [1.54, 1.807) is 13.3 Å². The molecule has 0 atom stereocenters. The predicted molar refractivity (Wildman–Crippen MR) is 63.4 cm³/mol. The zero-order chi connectivity index (χ0) is 11.4. The number of ether oxygens (including phenoxy) is 1. The average Bonchev–Trinajstić information content (AvgIpc) is 2.39. The summed E-state index contributed by atoms with van der Waals surface area (Å²) >= 11 is 0. The maximum atomic E-state index is 5.02. The van der Waals surface area contributed by atoms with Crippen molar-refractivity contribution in [1.29, 1.82) is 0 Å². The van der Waals surface area contributed by atoms with Gasteiger partial charge in [0, 0.05) is 23.5 Å². The Hall–Kier alpha value is -1.90. The second kappa shape index (κ2) is 4.75. The Morgan fingerprint density at radius 2 is 2.06 bits per heavy atom. The zero-order valence-corrected chi connectivity index (χ0v) is 9.47. The first-order chi connectivity index (χ1) is 7.83. The Morgan fingerprint density at radius 1 is 1.19 bits per heavy atom. The van der Waals surface area contributed by atoms with E-state index in [-0.39, 0.29) is 0 Å². The van der Waals surface area contributed by atoms with Gasteiger partial charge in [-0.2, -0.15) is 0 Å². The molecule has 3 nitrogen and oxygen atoms in total. The first kappa shape index (κ1) is 10.6. The SMILES string of the molecule is CCc1cccc(-c2ccc(OC)nc2)n1. The van der Waals surface area contributed by atoms with Crippen molar-refractivity contribution < 1.29 is 4.74 Å². The van der Waals surface area contributed by atoms with Crippen LogP contribution < -0.4 is 4.74 Å². The maximum Gasteiger partial charge on any atom is 0.212 e. The summed E-state index contributed by atoms with van der Waals surface area (Å²) in [5, 5.41) is 0. The van der Waals surface area contributed by atoms with Crippen LogP contribution in [-0.2, 0) is 6.42 Å². The summed E-state index contributed by atoms with van der Waals surface area (Å²) in [4.78, 5) is 8.70. The molecule has 0 fully saturated rings. The molecule has 0 saturated carbocycles. The molecule has 2 heterocycles. The topological polar surface area (TPSA) is 35.0 Å². The first-order valence-electron chi connectivity index (χ1n) is 5.30. The molecule has 0 aliphatic heterocycles. The van der Waals surface area contributed by atoms with E-state index in [0.717, 1.165) is 23.4 Å². The second-order valence-corrected chi connectivity index (χ2v) is 3.46. The number of methoxy groups -OCH3 is 1. The standard InChI is InChI=1S/C13H14N2O/c1-3-11-5-4-6-12(15-11)10-7-8-13(16-2)14-9-10/h4-9H,3H2,1-2H3. The highest BCUT2D eigenvalue weighted by atomic mass is 16.5. The number of aryl methyl sites for hydroxylation is 1. The van der Waals surface area contributed by atoms with E-state index >= 15 is 0 Å². The van der Waals surface area contributed by atoms with Crippen LogP contribution in [0.5, 0.6) is 5.88 Å². The van der Waals surface area contributed by atoms with Crippen molar-refractivity contribution in [2.24, 2.45) is 0 Å². The van der Waals surface area contributed by atoms with Crippen LogP contribution in [0.1, 0.15) is 12.6 Å². The molecular weight excluding hydrogens is 200 g/mol. The molecule has 3 heteroatoms. The summed E-state index contributed by atoms with van der Waals surface area (Å²) < 4.78 is 5.02. The van der Waals surface area contributed by atoms with Crippen molar-refractivity contribution in [3.8, 4) is 17.1 Å². The number of pyridine rings is 2. The van der Waals surface area contributed by atoms with Crippen molar-refractivity contribution in [2.45, 2.75) is 13.3 Å². The van der Waals surface area contributed by atoms with Crippen LogP contribution in [0.3, 0.4) is 0 Å². The lowest BCUT2D eigenvalue weighted by molar-refractivity contribution is 0.398. The summed E-state index contributed by atoms with van der Waals surface area (Å²) in [7, 11) is 1.61.